The molecule has 0 saturated carbocycles. The molecule has 1 nitrogen and oxygen atoms in total. The van der Waals surface area contributed by atoms with Gasteiger partial charge in [-0.1, -0.05) is 37.3 Å². The van der Waals surface area contributed by atoms with Crippen molar-refractivity contribution in [1.82, 2.24) is 4.90 Å². The maximum absolute atomic E-state index is 2.30. The molecule has 0 aromatic heterocycles. The highest BCUT2D eigenvalue weighted by molar-refractivity contribution is 8.93. The summed E-state index contributed by atoms with van der Waals surface area (Å²) in [6, 6.07) is 11.4. The van der Waals surface area contributed by atoms with Crippen molar-refractivity contribution in [2.24, 2.45) is 0 Å². The molecule has 0 spiro atoms. The van der Waals surface area contributed by atoms with Crippen LogP contribution in [-0.4, -0.2) is 25.0 Å². The largest absolute Gasteiger partial charge is 0.306 e. The van der Waals surface area contributed by atoms with Crippen molar-refractivity contribution < 1.29 is 0 Å². The van der Waals surface area contributed by atoms with E-state index in [2.05, 4.69) is 56.3 Å². The Labute approximate surface area is 97.9 Å². The number of nitrogens with zero attached hydrogens (tertiary/aromatic N) is 1. The molecule has 1 rings (SSSR count). The summed E-state index contributed by atoms with van der Waals surface area (Å²) in [5.74, 6) is 0. The highest BCUT2D eigenvalue weighted by Crippen LogP contribution is 2.08. The fourth-order valence-corrected chi connectivity index (χ4v) is 1.58. The van der Waals surface area contributed by atoms with Crippen molar-refractivity contribution >= 4 is 17.0 Å². The molecule has 1 aromatic rings. The van der Waals surface area contributed by atoms with E-state index in [1.807, 2.05) is 0 Å². The van der Waals surface area contributed by atoms with Crippen LogP contribution < -0.4 is 0 Å². The first kappa shape index (κ1) is 13.7. The van der Waals surface area contributed by atoms with Crippen molar-refractivity contribution in [2.45, 2.75) is 25.8 Å². The molecule has 2 heteroatoms. The molecule has 0 N–H and O–H groups in total. The maximum atomic E-state index is 2.30. The zero-order valence-corrected chi connectivity index (χ0v) is 10.9. The molecule has 0 aliphatic rings. The van der Waals surface area contributed by atoms with E-state index in [1.54, 1.807) is 0 Å². The summed E-state index contributed by atoms with van der Waals surface area (Å²) >= 11 is 0. The van der Waals surface area contributed by atoms with Crippen LogP contribution in [0.25, 0.3) is 0 Å². The number of benzene rings is 1. The van der Waals surface area contributed by atoms with Gasteiger partial charge in [-0.2, -0.15) is 0 Å². The van der Waals surface area contributed by atoms with Crippen molar-refractivity contribution in [1.29, 1.82) is 0 Å². The van der Waals surface area contributed by atoms with Gasteiger partial charge in [0.05, 0.1) is 0 Å². The van der Waals surface area contributed by atoms with Gasteiger partial charge < -0.3 is 4.90 Å². The minimum Gasteiger partial charge on any atom is -0.306 e. The molecule has 1 atom stereocenters. The van der Waals surface area contributed by atoms with Gasteiger partial charge in [-0.3, -0.25) is 0 Å². The second-order valence-electron chi connectivity index (χ2n) is 3.72. The third-order valence-electron chi connectivity index (χ3n) is 2.52. The Morgan fingerprint density at radius 1 is 1.14 bits per heavy atom. The predicted octanol–water partition coefficient (Wildman–Crippen LogP) is 3.15. The van der Waals surface area contributed by atoms with Crippen LogP contribution in [0.15, 0.2) is 30.3 Å². The summed E-state index contributed by atoms with van der Waals surface area (Å²) in [4.78, 5) is 2.30. The Morgan fingerprint density at radius 3 is 2.14 bits per heavy atom. The van der Waals surface area contributed by atoms with Crippen molar-refractivity contribution in [3.8, 4) is 0 Å². The number of rotatable bonds is 4. The number of hydrogen-bond donors (Lipinski definition) is 0. The molecule has 0 heterocycles. The average Bonchev–Trinajstić information content (AvgIpc) is 2.15. The smallest absolute Gasteiger partial charge is 0.0127 e. The highest BCUT2D eigenvalue weighted by atomic mass is 79.9. The average molecular weight is 258 g/mol. The molecule has 0 bridgehead atoms. The van der Waals surface area contributed by atoms with Crippen molar-refractivity contribution in [3.63, 3.8) is 0 Å². The molecule has 0 saturated heterocycles. The first-order valence-electron chi connectivity index (χ1n) is 4.94. The monoisotopic (exact) mass is 257 g/mol. The van der Waals surface area contributed by atoms with E-state index in [4.69, 9.17) is 0 Å². The fraction of sp³-hybridized carbons (Fsp3) is 0.500. The van der Waals surface area contributed by atoms with Crippen LogP contribution in [0.2, 0.25) is 0 Å². The quantitative estimate of drug-likeness (QED) is 0.802. The van der Waals surface area contributed by atoms with Gasteiger partial charge in [0.2, 0.25) is 0 Å². The normalized spacial score (nSPS) is 12.3. The van der Waals surface area contributed by atoms with Crippen LogP contribution in [0.3, 0.4) is 0 Å². The third kappa shape index (κ3) is 4.25. The van der Waals surface area contributed by atoms with E-state index in [-0.39, 0.29) is 17.0 Å². The first-order chi connectivity index (χ1) is 6.24. The molecular formula is C12H20BrN. The van der Waals surface area contributed by atoms with Crippen molar-refractivity contribution in [2.75, 3.05) is 14.1 Å². The third-order valence-corrected chi connectivity index (χ3v) is 2.52. The van der Waals surface area contributed by atoms with E-state index < -0.39 is 0 Å². The lowest BCUT2D eigenvalue weighted by atomic mass is 10.0. The Balaban J connectivity index is 0.00000169. The second kappa shape index (κ2) is 7.02. The van der Waals surface area contributed by atoms with Gasteiger partial charge in [-0.25, -0.2) is 0 Å². The van der Waals surface area contributed by atoms with Crippen LogP contribution >= 0.6 is 17.0 Å². The lowest BCUT2D eigenvalue weighted by Crippen LogP contribution is -2.29. The SMILES string of the molecule is Br.CCC(Cc1ccccc1)N(C)C. The Kier molecular flexibility index (Phi) is 6.85. The van der Waals surface area contributed by atoms with Crippen molar-refractivity contribution in [3.05, 3.63) is 35.9 Å². The number of hydrogen-bond acceptors (Lipinski definition) is 1. The van der Waals surface area contributed by atoms with Gasteiger partial charge >= 0.3 is 0 Å². The zero-order chi connectivity index (χ0) is 9.68. The topological polar surface area (TPSA) is 3.24 Å². The Bertz CT molecular complexity index is 233. The van der Waals surface area contributed by atoms with Crippen LogP contribution in [0, 0.1) is 0 Å². The summed E-state index contributed by atoms with van der Waals surface area (Å²) in [5.41, 5.74) is 1.43. The molecule has 0 aliphatic heterocycles. The Morgan fingerprint density at radius 2 is 1.71 bits per heavy atom. The minimum absolute atomic E-state index is 0. The van der Waals surface area contributed by atoms with Crippen LogP contribution in [0.1, 0.15) is 18.9 Å². The van der Waals surface area contributed by atoms with E-state index in [0.717, 1.165) is 6.42 Å². The van der Waals surface area contributed by atoms with Gasteiger partial charge in [-0.15, -0.1) is 17.0 Å². The van der Waals surface area contributed by atoms with Gasteiger partial charge in [0.15, 0.2) is 0 Å². The molecule has 0 radical (unpaired) electrons. The molecule has 1 unspecified atom stereocenters. The molecular weight excluding hydrogens is 238 g/mol. The number of likely N-dealkylation sites (N-methyl/N-ethyl adjacent to an activating group) is 1. The van der Waals surface area contributed by atoms with Gasteiger partial charge in [0, 0.05) is 6.04 Å². The summed E-state index contributed by atoms with van der Waals surface area (Å²) < 4.78 is 0. The highest BCUT2D eigenvalue weighted by Gasteiger charge is 2.08. The van der Waals surface area contributed by atoms with Crippen LogP contribution in [-0.2, 0) is 6.42 Å². The maximum Gasteiger partial charge on any atom is 0.0127 e. The van der Waals surface area contributed by atoms with E-state index in [0.29, 0.717) is 6.04 Å². The minimum atomic E-state index is 0. The zero-order valence-electron chi connectivity index (χ0n) is 9.23. The van der Waals surface area contributed by atoms with E-state index in [1.165, 1.54) is 12.0 Å². The van der Waals surface area contributed by atoms with E-state index in [9.17, 15) is 0 Å². The van der Waals surface area contributed by atoms with Crippen LogP contribution in [0.5, 0.6) is 0 Å². The summed E-state index contributed by atoms with van der Waals surface area (Å²) in [6.45, 7) is 2.24. The molecule has 1 aromatic carbocycles. The lowest BCUT2D eigenvalue weighted by molar-refractivity contribution is 0.284. The number of halogens is 1. The summed E-state index contributed by atoms with van der Waals surface area (Å²) in [6.07, 6.45) is 2.37. The molecule has 0 fully saturated rings. The van der Waals surface area contributed by atoms with Gasteiger partial charge in [-0.05, 0) is 32.5 Å². The molecule has 0 amide bonds. The van der Waals surface area contributed by atoms with Gasteiger partial charge in [0.1, 0.15) is 0 Å². The first-order valence-corrected chi connectivity index (χ1v) is 4.94. The standard InChI is InChI=1S/C12H19N.BrH/c1-4-12(13(2)3)10-11-8-6-5-7-9-11;/h5-9,12H,4,10H2,1-3H3;1H. The molecule has 0 aliphatic carbocycles. The molecule has 14 heavy (non-hydrogen) atoms. The van der Waals surface area contributed by atoms with Crippen LogP contribution in [0.4, 0.5) is 0 Å². The Hall–Kier alpha value is -0.340. The fourth-order valence-electron chi connectivity index (χ4n) is 1.58. The predicted molar refractivity (Wildman–Crippen MR) is 68.2 cm³/mol. The second-order valence-corrected chi connectivity index (χ2v) is 3.72. The van der Waals surface area contributed by atoms with E-state index >= 15 is 0 Å². The summed E-state index contributed by atoms with van der Waals surface area (Å²) in [7, 11) is 4.30. The summed E-state index contributed by atoms with van der Waals surface area (Å²) in [5, 5.41) is 0. The van der Waals surface area contributed by atoms with Gasteiger partial charge in [0.25, 0.3) is 0 Å². The lowest BCUT2D eigenvalue weighted by Gasteiger charge is -2.22. The molecule has 80 valence electrons.